The van der Waals surface area contributed by atoms with Crippen LogP contribution in [0.2, 0.25) is 0 Å². The first-order chi connectivity index (χ1) is 20.6. The first-order valence-corrected chi connectivity index (χ1v) is 15.7. The molecule has 2 amide bonds. The number of urea groups is 1. The van der Waals surface area contributed by atoms with Gasteiger partial charge in [-0.05, 0) is 83.1 Å². The number of aromatic nitrogens is 5. The number of nitrogens with one attached hydrogen (secondary N) is 2. The predicted octanol–water partition coefficient (Wildman–Crippen LogP) is 6.41. The van der Waals surface area contributed by atoms with Crippen molar-refractivity contribution in [1.29, 1.82) is 0 Å². The van der Waals surface area contributed by atoms with E-state index >= 15 is 0 Å². The Bertz CT molecular complexity index is 1560. The molecular formula is C33H44N8O2. The Labute approximate surface area is 253 Å². The third-order valence-corrected chi connectivity index (χ3v) is 8.73. The summed E-state index contributed by atoms with van der Waals surface area (Å²) in [5, 5.41) is 20.0. The van der Waals surface area contributed by atoms with E-state index in [0.717, 1.165) is 61.0 Å². The van der Waals surface area contributed by atoms with Gasteiger partial charge in [-0.1, -0.05) is 38.5 Å². The van der Waals surface area contributed by atoms with Crippen LogP contribution in [0.1, 0.15) is 83.9 Å². The van der Waals surface area contributed by atoms with Gasteiger partial charge in [-0.25, -0.2) is 9.48 Å². The maximum atomic E-state index is 13.1. The van der Waals surface area contributed by atoms with Gasteiger partial charge in [0.2, 0.25) is 5.95 Å². The first-order valence-electron chi connectivity index (χ1n) is 15.7. The van der Waals surface area contributed by atoms with Crippen molar-refractivity contribution in [3.63, 3.8) is 0 Å². The summed E-state index contributed by atoms with van der Waals surface area (Å²) in [5.74, 6) is 2.38. The number of carbonyl (C=O) groups is 1. The summed E-state index contributed by atoms with van der Waals surface area (Å²) in [7, 11) is 0. The third kappa shape index (κ3) is 6.48. The van der Waals surface area contributed by atoms with E-state index in [9.17, 15) is 4.79 Å². The highest BCUT2D eigenvalue weighted by Crippen LogP contribution is 2.29. The van der Waals surface area contributed by atoms with Crippen LogP contribution >= 0.6 is 0 Å². The van der Waals surface area contributed by atoms with Crippen LogP contribution in [0.4, 0.5) is 16.6 Å². The van der Waals surface area contributed by atoms with Gasteiger partial charge in [0.1, 0.15) is 11.6 Å². The zero-order valence-electron chi connectivity index (χ0n) is 26.0. The summed E-state index contributed by atoms with van der Waals surface area (Å²) in [5.41, 5.74) is 3.69. The van der Waals surface area contributed by atoms with Crippen molar-refractivity contribution in [3.8, 4) is 11.4 Å². The zero-order valence-corrected chi connectivity index (χ0v) is 26.0. The average Bonchev–Trinajstić information content (AvgIpc) is 3.59. The van der Waals surface area contributed by atoms with Crippen molar-refractivity contribution >= 4 is 23.4 Å². The number of benzene rings is 1. The lowest BCUT2D eigenvalue weighted by Gasteiger charge is -2.33. The molecule has 10 nitrogen and oxygen atoms in total. The molecular weight excluding hydrogens is 540 g/mol. The Morgan fingerprint density at radius 2 is 1.74 bits per heavy atom. The molecule has 1 atom stereocenters. The minimum atomic E-state index is -0.212. The van der Waals surface area contributed by atoms with Crippen LogP contribution in [0.15, 0.2) is 48.7 Å². The van der Waals surface area contributed by atoms with Crippen LogP contribution in [-0.4, -0.2) is 55.1 Å². The number of rotatable bonds is 6. The fourth-order valence-corrected chi connectivity index (χ4v) is 6.09. The van der Waals surface area contributed by atoms with Crippen LogP contribution < -0.4 is 20.3 Å². The molecule has 10 heteroatoms. The monoisotopic (exact) mass is 584 g/mol. The summed E-state index contributed by atoms with van der Waals surface area (Å²) in [6.45, 7) is 11.7. The normalized spacial score (nSPS) is 21.1. The molecule has 4 heterocycles. The fourth-order valence-electron chi connectivity index (χ4n) is 6.09. The summed E-state index contributed by atoms with van der Waals surface area (Å²) in [6.07, 6.45) is 9.19. The van der Waals surface area contributed by atoms with Gasteiger partial charge in [-0.3, -0.25) is 9.72 Å². The highest BCUT2D eigenvalue weighted by molar-refractivity contribution is 5.89. The number of fused-ring (bicyclic) bond motifs is 1. The van der Waals surface area contributed by atoms with Gasteiger partial charge in [0.05, 0.1) is 23.7 Å². The predicted molar refractivity (Wildman–Crippen MR) is 169 cm³/mol. The molecule has 1 aliphatic carbocycles. The number of piperidine rings is 1. The molecule has 0 bridgehead atoms. The van der Waals surface area contributed by atoms with E-state index < -0.39 is 0 Å². The van der Waals surface area contributed by atoms with Crippen LogP contribution in [0, 0.1) is 6.92 Å². The second-order valence-electron chi connectivity index (χ2n) is 13.2. The lowest BCUT2D eigenvalue weighted by molar-refractivity contribution is 0.140. The second-order valence-corrected chi connectivity index (χ2v) is 13.2. The molecule has 0 spiro atoms. The lowest BCUT2D eigenvalue weighted by Crippen LogP contribution is -2.42. The molecule has 43 heavy (non-hydrogen) atoms. The molecule has 1 aromatic carbocycles. The van der Waals surface area contributed by atoms with Crippen LogP contribution in [0.25, 0.3) is 11.3 Å². The number of amides is 2. The Morgan fingerprint density at radius 3 is 2.47 bits per heavy atom. The van der Waals surface area contributed by atoms with Gasteiger partial charge < -0.3 is 15.0 Å². The highest BCUT2D eigenvalue weighted by atomic mass is 16.5. The minimum absolute atomic E-state index is 0.0882. The maximum absolute atomic E-state index is 13.1. The Kier molecular flexibility index (Phi) is 8.03. The highest BCUT2D eigenvalue weighted by Gasteiger charge is 2.27. The second kappa shape index (κ2) is 11.9. The standard InChI is InChI=1S/C33H44N8O2/c1-22-9-13-25(14-10-22)41-30(20-28(38-41)33(3,4)5)35-31(42)34-24-11-15-26(16-12-24)43-27-17-18-29-36-37-32(40(29)21-27)39-19-7-6-8-23(39)2/h9-10,13-14,17-18,20-21,23-24,26H,6-8,11-12,15-16,19H2,1-5H3,(H2,34,35,42). The van der Waals surface area contributed by atoms with E-state index in [-0.39, 0.29) is 23.6 Å². The quantitative estimate of drug-likeness (QED) is 0.272. The number of hydrogen-bond acceptors (Lipinski definition) is 6. The molecule has 0 radical (unpaired) electrons. The Balaban J connectivity index is 1.06. The van der Waals surface area contributed by atoms with Crippen LogP contribution in [0.5, 0.6) is 5.75 Å². The van der Waals surface area contributed by atoms with Gasteiger partial charge >= 0.3 is 6.03 Å². The average molecular weight is 585 g/mol. The molecule has 1 unspecified atom stereocenters. The molecule has 3 aromatic heterocycles. The fraction of sp³-hybridized carbons (Fsp3) is 0.515. The van der Waals surface area contributed by atoms with Crippen molar-refractivity contribution in [3.05, 3.63) is 59.9 Å². The zero-order chi connectivity index (χ0) is 30.1. The Hall–Kier alpha value is -4.08. The molecule has 1 aliphatic heterocycles. The van der Waals surface area contributed by atoms with E-state index in [0.29, 0.717) is 11.9 Å². The summed E-state index contributed by atoms with van der Waals surface area (Å²) >= 11 is 0. The van der Waals surface area contributed by atoms with E-state index in [1.54, 1.807) is 0 Å². The molecule has 1 saturated carbocycles. The Morgan fingerprint density at radius 1 is 0.977 bits per heavy atom. The smallest absolute Gasteiger partial charge is 0.320 e. The molecule has 2 fully saturated rings. The van der Waals surface area contributed by atoms with E-state index in [1.165, 1.54) is 24.8 Å². The van der Waals surface area contributed by atoms with E-state index in [1.807, 2.05) is 41.2 Å². The summed E-state index contributed by atoms with van der Waals surface area (Å²) in [4.78, 5) is 15.5. The molecule has 6 rings (SSSR count). The molecule has 228 valence electrons. The molecule has 4 aromatic rings. The van der Waals surface area contributed by atoms with Crippen molar-refractivity contribution in [2.45, 2.75) is 103 Å². The first kappa shape index (κ1) is 29.0. The van der Waals surface area contributed by atoms with Crippen molar-refractivity contribution in [2.75, 3.05) is 16.8 Å². The van der Waals surface area contributed by atoms with Crippen molar-refractivity contribution in [1.82, 2.24) is 29.7 Å². The number of hydrogen-bond donors (Lipinski definition) is 2. The largest absolute Gasteiger partial charge is 0.489 e. The summed E-state index contributed by atoms with van der Waals surface area (Å²) in [6, 6.07) is 14.4. The van der Waals surface area contributed by atoms with Crippen LogP contribution in [-0.2, 0) is 5.41 Å². The van der Waals surface area contributed by atoms with E-state index in [2.05, 4.69) is 76.9 Å². The maximum Gasteiger partial charge on any atom is 0.320 e. The molecule has 1 saturated heterocycles. The van der Waals surface area contributed by atoms with Crippen molar-refractivity contribution in [2.24, 2.45) is 0 Å². The summed E-state index contributed by atoms with van der Waals surface area (Å²) < 4.78 is 10.3. The minimum Gasteiger partial charge on any atom is -0.489 e. The topological polar surface area (TPSA) is 102 Å². The number of aryl methyl sites for hydroxylation is 1. The van der Waals surface area contributed by atoms with Gasteiger partial charge in [0.15, 0.2) is 5.65 Å². The van der Waals surface area contributed by atoms with E-state index in [4.69, 9.17) is 9.84 Å². The number of ether oxygens (including phenoxy) is 1. The molecule has 2 aliphatic rings. The van der Waals surface area contributed by atoms with Gasteiger partial charge in [0, 0.05) is 30.1 Å². The number of pyridine rings is 1. The van der Waals surface area contributed by atoms with Gasteiger partial charge in [0.25, 0.3) is 0 Å². The van der Waals surface area contributed by atoms with Crippen molar-refractivity contribution < 1.29 is 9.53 Å². The number of anilines is 2. The van der Waals surface area contributed by atoms with Gasteiger partial charge in [-0.15, -0.1) is 10.2 Å². The SMILES string of the molecule is Cc1ccc(-n2nc(C(C)(C)C)cc2NC(=O)NC2CCC(Oc3ccc4nnc(N5CCCCC5C)n4c3)CC2)cc1. The van der Waals surface area contributed by atoms with Crippen LogP contribution in [0.3, 0.4) is 0 Å². The molecule has 2 N–H and O–H groups in total. The van der Waals surface area contributed by atoms with Gasteiger partial charge in [-0.2, -0.15) is 5.10 Å². The number of nitrogens with zero attached hydrogens (tertiary/aromatic N) is 6. The lowest BCUT2D eigenvalue weighted by atomic mass is 9.92. The third-order valence-electron chi connectivity index (χ3n) is 8.73. The number of carbonyl (C=O) groups excluding carboxylic acids is 1.